The van der Waals surface area contributed by atoms with Crippen molar-refractivity contribution < 1.29 is 48.5 Å². The highest BCUT2D eigenvalue weighted by Crippen LogP contribution is 2.33. The molecule has 6 rings (SSSR count). The first-order valence-corrected chi connectivity index (χ1v) is 23.0. The number of hydrogen-bond donors (Lipinski definition) is 8. The third kappa shape index (κ3) is 14.0. The minimum Gasteiger partial charge on any atom is -0.491 e. The molecule has 0 fully saturated rings. The Morgan fingerprint density at radius 3 is 1.96 bits per heavy atom. The largest absolute Gasteiger partial charge is 0.491 e. The minimum atomic E-state index is -1.02. The van der Waals surface area contributed by atoms with Gasteiger partial charge >= 0.3 is 11.9 Å². The number of nitrogens with two attached hydrogens (primary N) is 3. The van der Waals surface area contributed by atoms with E-state index in [0.29, 0.717) is 41.2 Å². The molecule has 4 heterocycles. The molecular weight excluding hydrogens is 947 g/mol. The summed E-state index contributed by atoms with van der Waals surface area (Å²) in [5, 5.41) is 35.6. The molecule has 0 atom stereocenters. The number of amides is 4. The average Bonchev–Trinajstić information content (AvgIpc) is 4.12. The van der Waals surface area contributed by atoms with Gasteiger partial charge in [-0.25, -0.2) is 9.97 Å². The highest BCUT2D eigenvalue weighted by Gasteiger charge is 2.24. The zero-order chi connectivity index (χ0) is 52.8. The maximum Gasteiger partial charge on any atom is 0.305 e. The van der Waals surface area contributed by atoms with Crippen molar-refractivity contribution in [2.24, 2.45) is 22.2 Å². The molecule has 0 bridgehead atoms. The molecular formula is C48H57N15O10. The van der Waals surface area contributed by atoms with Crippen LogP contribution in [0.3, 0.4) is 0 Å². The summed E-state index contributed by atoms with van der Waals surface area (Å²) in [7, 11) is 0. The van der Waals surface area contributed by atoms with Crippen LogP contribution in [-0.2, 0) is 40.6 Å². The number of ether oxygens (including phenoxy) is 2. The third-order valence-electron chi connectivity index (χ3n) is 10.6. The molecule has 0 aliphatic carbocycles. The molecule has 0 aliphatic rings. The van der Waals surface area contributed by atoms with E-state index in [4.69, 9.17) is 36.8 Å². The van der Waals surface area contributed by atoms with E-state index in [-0.39, 0.29) is 116 Å². The monoisotopic (exact) mass is 1000 g/mol. The van der Waals surface area contributed by atoms with Gasteiger partial charge in [0.2, 0.25) is 23.7 Å². The molecule has 0 saturated carbocycles. The number of benzene rings is 2. The Hall–Kier alpha value is -9.29. The SMILES string of the molecule is CCN=C(/C=C(/C)N)C(=O)Nc1nc2cc(C(N)=O)cc(OCCCC(=O)O)c2n1C/C=C/Cn1c(NC(=O)c2cc(C)nn2CC)nc2cc(C(N)=O)cc(OC/C=C/Cn3cc(NCCC(=O)O)cn3)c21. The lowest BCUT2D eigenvalue weighted by atomic mass is 10.1. The number of carboxylic acid groups (broad SMARTS) is 2. The van der Waals surface area contributed by atoms with E-state index >= 15 is 0 Å². The van der Waals surface area contributed by atoms with Gasteiger partial charge in [-0.2, -0.15) is 10.2 Å². The number of allylic oxidation sites excluding steroid dienone is 4. The number of aliphatic imine (C=N–C) groups is 1. The summed E-state index contributed by atoms with van der Waals surface area (Å²) >= 11 is 0. The third-order valence-corrected chi connectivity index (χ3v) is 10.6. The molecule has 4 amide bonds. The lowest BCUT2D eigenvalue weighted by Crippen LogP contribution is -2.24. The van der Waals surface area contributed by atoms with E-state index in [1.54, 1.807) is 82.0 Å². The van der Waals surface area contributed by atoms with E-state index in [9.17, 15) is 33.9 Å². The van der Waals surface area contributed by atoms with Crippen LogP contribution >= 0.6 is 0 Å². The van der Waals surface area contributed by atoms with Gasteiger partial charge in [0.25, 0.3) is 11.8 Å². The van der Waals surface area contributed by atoms with Gasteiger partial charge in [-0.15, -0.1) is 0 Å². The Morgan fingerprint density at radius 1 is 0.781 bits per heavy atom. The number of carbonyl (C=O) groups is 6. The zero-order valence-corrected chi connectivity index (χ0v) is 40.6. The van der Waals surface area contributed by atoms with Gasteiger partial charge in [-0.05, 0) is 76.6 Å². The predicted octanol–water partition coefficient (Wildman–Crippen LogP) is 3.84. The Bertz CT molecular complexity index is 3170. The summed E-state index contributed by atoms with van der Waals surface area (Å²) in [6, 6.07) is 7.46. The van der Waals surface area contributed by atoms with E-state index in [0.717, 1.165) is 0 Å². The summed E-state index contributed by atoms with van der Waals surface area (Å²) in [5.74, 6) is -4.14. The van der Waals surface area contributed by atoms with Crippen molar-refractivity contribution in [1.82, 2.24) is 38.7 Å². The van der Waals surface area contributed by atoms with Crippen LogP contribution in [0.2, 0.25) is 0 Å². The number of anilines is 3. The van der Waals surface area contributed by atoms with Gasteiger partial charge in [-0.1, -0.05) is 18.2 Å². The second-order valence-corrected chi connectivity index (χ2v) is 16.3. The fourth-order valence-corrected chi connectivity index (χ4v) is 7.40. The molecule has 0 unspecified atom stereocenters. The van der Waals surface area contributed by atoms with Gasteiger partial charge in [0.1, 0.15) is 40.5 Å². The van der Waals surface area contributed by atoms with Crippen LogP contribution in [0.5, 0.6) is 11.5 Å². The molecule has 0 radical (unpaired) electrons. The standard InChI is InChI=1S/C48H57N15O10/c1-5-52-35(20-28(3)49)45(70)57-47-55-33-22-31(44(51)69)25-38(73-19-11-12-39(64)65)42(33)61(47)16-7-8-17-62-41-34(56-48(62)58-46(71)36-21-29(4)59-63(36)6-2)23-30(43(50)68)24-37(41)72-18-10-9-15-60-27-32(26-54-60)53-14-13-40(66)67/h7-10,20-27,53H,5-6,11-19,49H2,1-4H3,(H2,50,68)(H2,51,69)(H,64,65)(H,66,67)(H,55,57,70)(H,56,58,71)/b8-7+,10-9+,28-20-,52-35?. The summed E-state index contributed by atoms with van der Waals surface area (Å²) < 4.78 is 18.8. The van der Waals surface area contributed by atoms with Crippen molar-refractivity contribution >= 4 is 80.9 Å². The molecule has 0 aliphatic heterocycles. The van der Waals surface area contributed by atoms with E-state index in [1.165, 1.54) is 30.3 Å². The number of rotatable bonds is 27. The van der Waals surface area contributed by atoms with Crippen LogP contribution in [0.4, 0.5) is 17.6 Å². The van der Waals surface area contributed by atoms with Crippen LogP contribution in [0.25, 0.3) is 22.1 Å². The van der Waals surface area contributed by atoms with Crippen molar-refractivity contribution in [1.29, 1.82) is 0 Å². The topological polar surface area (TPSA) is 359 Å². The second-order valence-electron chi connectivity index (χ2n) is 16.3. The molecule has 0 spiro atoms. The van der Waals surface area contributed by atoms with Crippen molar-refractivity contribution in [3.63, 3.8) is 0 Å². The van der Waals surface area contributed by atoms with E-state index in [2.05, 4.69) is 36.1 Å². The first-order chi connectivity index (χ1) is 35.0. The molecule has 6 aromatic rings. The smallest absolute Gasteiger partial charge is 0.305 e. The van der Waals surface area contributed by atoms with Gasteiger partial charge < -0.3 is 51.3 Å². The second kappa shape index (κ2) is 24.5. The summed E-state index contributed by atoms with van der Waals surface area (Å²) in [6.45, 7) is 8.29. The number of aromatic nitrogens is 8. The Kier molecular flexibility index (Phi) is 17.8. The first-order valence-electron chi connectivity index (χ1n) is 23.0. The number of imidazole rings is 2. The van der Waals surface area contributed by atoms with Crippen molar-refractivity contribution in [2.45, 2.75) is 73.1 Å². The lowest BCUT2D eigenvalue weighted by Gasteiger charge is -2.13. The molecule has 25 heteroatoms. The number of aryl methyl sites for hydroxylation is 2. The summed E-state index contributed by atoms with van der Waals surface area (Å²) in [5.41, 5.74) is 20.7. The van der Waals surface area contributed by atoms with Crippen molar-refractivity contribution in [2.75, 3.05) is 42.3 Å². The Labute approximate surface area is 417 Å². The molecule has 4 aromatic heterocycles. The molecule has 11 N–H and O–H groups in total. The number of nitrogens with zero attached hydrogens (tertiary/aromatic N) is 9. The molecule has 25 nitrogen and oxygen atoms in total. The maximum absolute atomic E-state index is 13.9. The van der Waals surface area contributed by atoms with Crippen LogP contribution in [0.15, 0.2) is 83.8 Å². The fourth-order valence-electron chi connectivity index (χ4n) is 7.40. The van der Waals surface area contributed by atoms with E-state index < -0.39 is 35.6 Å². The minimum absolute atomic E-state index is 0.0128. The van der Waals surface area contributed by atoms with Crippen LogP contribution < -0.4 is 42.6 Å². The van der Waals surface area contributed by atoms with E-state index in [1.807, 2.05) is 6.92 Å². The number of fused-ring (bicyclic) bond motifs is 2. The quantitative estimate of drug-likeness (QED) is 0.0206. The van der Waals surface area contributed by atoms with Crippen LogP contribution in [0.1, 0.15) is 76.9 Å². The van der Waals surface area contributed by atoms with Crippen molar-refractivity contribution in [3.05, 3.63) is 101 Å². The van der Waals surface area contributed by atoms with Crippen LogP contribution in [0, 0.1) is 6.92 Å². The number of carboxylic acids is 2. The maximum atomic E-state index is 13.9. The lowest BCUT2D eigenvalue weighted by molar-refractivity contribution is -0.138. The fraction of sp³-hybridized carbons (Fsp3) is 0.312. The van der Waals surface area contributed by atoms with Gasteiger partial charge in [0.05, 0.1) is 48.2 Å². The normalized spacial score (nSPS) is 12.0. The molecule has 0 saturated heterocycles. The average molecular weight is 1000 g/mol. The number of nitrogens with one attached hydrogen (secondary N) is 3. The first kappa shape index (κ1) is 53.1. The zero-order valence-electron chi connectivity index (χ0n) is 40.6. The predicted molar refractivity (Wildman–Crippen MR) is 271 cm³/mol. The molecule has 73 heavy (non-hydrogen) atoms. The Morgan fingerprint density at radius 2 is 1.38 bits per heavy atom. The van der Waals surface area contributed by atoms with Crippen molar-refractivity contribution in [3.8, 4) is 11.5 Å². The number of aliphatic carboxylic acids is 2. The Balaban J connectivity index is 1.38. The van der Waals surface area contributed by atoms with Crippen LogP contribution in [-0.4, -0.2) is 116 Å². The summed E-state index contributed by atoms with van der Waals surface area (Å²) in [6.07, 6.45) is 11.7. The van der Waals surface area contributed by atoms with Gasteiger partial charge in [0, 0.05) is 62.2 Å². The van der Waals surface area contributed by atoms with Gasteiger partial charge in [0.15, 0.2) is 0 Å². The van der Waals surface area contributed by atoms with Gasteiger partial charge in [-0.3, -0.25) is 53.8 Å². The number of hydrogen-bond acceptors (Lipinski definition) is 15. The summed E-state index contributed by atoms with van der Waals surface area (Å²) in [4.78, 5) is 88.6. The number of carbonyl (C=O) groups excluding carboxylic acids is 4. The highest BCUT2D eigenvalue weighted by atomic mass is 16.5. The molecule has 2 aromatic carbocycles. The molecule has 384 valence electrons. The highest BCUT2D eigenvalue weighted by molar-refractivity contribution is 6.47. The number of primary amides is 2.